The number of carbonyl (C=O) groups excluding carboxylic acids is 1. The van der Waals surface area contributed by atoms with Crippen molar-refractivity contribution in [1.82, 2.24) is 16.2 Å². The zero-order valence-corrected chi connectivity index (χ0v) is 16.3. The number of hydrogen-bond donors (Lipinski definition) is 3. The second kappa shape index (κ2) is 8.77. The van der Waals surface area contributed by atoms with Gasteiger partial charge in [0, 0.05) is 18.0 Å². The Morgan fingerprint density at radius 2 is 1.92 bits per heavy atom. The van der Waals surface area contributed by atoms with E-state index in [9.17, 15) is 4.79 Å². The molecule has 1 aromatic rings. The van der Waals surface area contributed by atoms with Gasteiger partial charge in [-0.15, -0.1) is 0 Å². The second-order valence-electron chi connectivity index (χ2n) is 6.76. The molecular formula is C18H24ClN3O3S. The molecule has 1 fully saturated rings. The smallest absolute Gasteiger partial charge is 0.269 e. The number of hydrogen-bond acceptors (Lipinski definition) is 4. The lowest BCUT2D eigenvalue weighted by Gasteiger charge is -2.30. The van der Waals surface area contributed by atoms with Crippen molar-refractivity contribution in [3.8, 4) is 11.5 Å². The average molecular weight is 398 g/mol. The number of ether oxygens (including phenoxy) is 2. The van der Waals surface area contributed by atoms with Crippen LogP contribution in [0.4, 0.5) is 0 Å². The highest BCUT2D eigenvalue weighted by atomic mass is 35.5. The molecule has 142 valence electrons. The molecule has 6 nitrogen and oxygen atoms in total. The first kappa shape index (κ1) is 19.0. The highest BCUT2D eigenvalue weighted by Gasteiger charge is 2.22. The lowest BCUT2D eigenvalue weighted by molar-refractivity contribution is 0.0943. The third-order valence-electron chi connectivity index (χ3n) is 4.78. The first-order chi connectivity index (χ1) is 12.5. The van der Waals surface area contributed by atoms with E-state index in [1.165, 1.54) is 19.3 Å². The number of benzene rings is 1. The largest absolute Gasteiger partial charge is 0.489 e. The summed E-state index contributed by atoms with van der Waals surface area (Å²) in [5.74, 6) is 1.19. The van der Waals surface area contributed by atoms with Crippen LogP contribution in [0.2, 0.25) is 5.02 Å². The van der Waals surface area contributed by atoms with Crippen LogP contribution in [-0.2, 0) is 0 Å². The minimum Gasteiger partial charge on any atom is -0.489 e. The summed E-state index contributed by atoms with van der Waals surface area (Å²) in [7, 11) is 0. The van der Waals surface area contributed by atoms with Crippen molar-refractivity contribution in [2.45, 2.75) is 45.1 Å². The van der Waals surface area contributed by atoms with E-state index in [-0.39, 0.29) is 5.91 Å². The van der Waals surface area contributed by atoms with E-state index in [4.69, 9.17) is 33.3 Å². The molecule has 3 N–H and O–H groups in total. The van der Waals surface area contributed by atoms with E-state index in [0.29, 0.717) is 52.4 Å². The van der Waals surface area contributed by atoms with E-state index in [1.807, 2.05) is 0 Å². The van der Waals surface area contributed by atoms with Gasteiger partial charge in [-0.1, -0.05) is 31.4 Å². The number of thiocarbonyl (C=S) groups is 1. The average Bonchev–Trinajstić information content (AvgIpc) is 2.87. The summed E-state index contributed by atoms with van der Waals surface area (Å²) in [5, 5.41) is 4.05. The monoisotopic (exact) mass is 397 g/mol. The maximum atomic E-state index is 12.4. The Morgan fingerprint density at radius 1 is 1.15 bits per heavy atom. The van der Waals surface area contributed by atoms with Gasteiger partial charge >= 0.3 is 0 Å². The van der Waals surface area contributed by atoms with Gasteiger partial charge in [-0.3, -0.25) is 15.6 Å². The fourth-order valence-electron chi connectivity index (χ4n) is 3.28. The lowest BCUT2D eigenvalue weighted by Crippen LogP contribution is -2.51. The summed E-state index contributed by atoms with van der Waals surface area (Å²) in [6.07, 6.45) is 5.53. The summed E-state index contributed by atoms with van der Waals surface area (Å²) >= 11 is 11.5. The molecule has 0 saturated heterocycles. The van der Waals surface area contributed by atoms with E-state index >= 15 is 0 Å². The van der Waals surface area contributed by atoms with Gasteiger partial charge in [-0.2, -0.15) is 0 Å². The molecule has 1 saturated carbocycles. The molecule has 0 spiro atoms. The van der Waals surface area contributed by atoms with Crippen molar-refractivity contribution in [3.63, 3.8) is 0 Å². The van der Waals surface area contributed by atoms with Crippen molar-refractivity contribution in [3.05, 3.63) is 22.7 Å². The standard InChI is InChI=1S/C18H24ClN3O3S/c1-11-5-2-3-6-14(11)20-18(26)22-21-17(23)12-9-13(19)16-15(10-12)24-7-4-8-25-16/h9-11,14H,2-8H2,1H3,(H,21,23)(H2,20,22,26)/t11-,14-/m0/s1. The first-order valence-electron chi connectivity index (χ1n) is 9.00. The van der Waals surface area contributed by atoms with Crippen LogP contribution in [-0.4, -0.2) is 30.3 Å². The van der Waals surface area contributed by atoms with Crippen molar-refractivity contribution < 1.29 is 14.3 Å². The molecule has 0 radical (unpaired) electrons. The van der Waals surface area contributed by atoms with E-state index in [1.54, 1.807) is 12.1 Å². The molecule has 8 heteroatoms. The highest BCUT2D eigenvalue weighted by Crippen LogP contribution is 2.37. The van der Waals surface area contributed by atoms with Crippen LogP contribution in [0, 0.1) is 5.92 Å². The summed E-state index contributed by atoms with van der Waals surface area (Å²) in [5.41, 5.74) is 5.75. The number of fused-ring (bicyclic) bond motifs is 1. The molecule has 0 bridgehead atoms. The predicted molar refractivity (Wildman–Crippen MR) is 105 cm³/mol. The number of halogens is 1. The molecule has 1 aliphatic carbocycles. The van der Waals surface area contributed by atoms with Crippen LogP contribution in [0.5, 0.6) is 11.5 Å². The Labute approximate surface area is 163 Å². The summed E-state index contributed by atoms with van der Waals surface area (Å²) in [6, 6.07) is 3.53. The SMILES string of the molecule is C[C@H]1CCCC[C@@H]1NC(=S)NNC(=O)c1cc(Cl)c2c(c1)OCCCO2. The molecule has 0 unspecified atom stereocenters. The minimum atomic E-state index is -0.344. The molecule has 1 aromatic carbocycles. The van der Waals surface area contributed by atoms with Crippen LogP contribution in [0.1, 0.15) is 49.4 Å². The Hall–Kier alpha value is -1.73. The van der Waals surface area contributed by atoms with Crippen LogP contribution < -0.4 is 25.6 Å². The maximum absolute atomic E-state index is 12.4. The van der Waals surface area contributed by atoms with Gasteiger partial charge in [0.2, 0.25) is 0 Å². The number of hydrazine groups is 1. The molecule has 1 heterocycles. The van der Waals surface area contributed by atoms with E-state index in [2.05, 4.69) is 23.1 Å². The van der Waals surface area contributed by atoms with E-state index < -0.39 is 0 Å². The number of nitrogens with one attached hydrogen (secondary N) is 3. The Balaban J connectivity index is 1.57. The van der Waals surface area contributed by atoms with Crippen molar-refractivity contribution in [2.24, 2.45) is 5.92 Å². The third-order valence-corrected chi connectivity index (χ3v) is 5.28. The van der Waals surface area contributed by atoms with Crippen LogP contribution in [0.3, 0.4) is 0 Å². The zero-order valence-electron chi connectivity index (χ0n) is 14.8. The number of amides is 1. The van der Waals surface area contributed by atoms with Crippen molar-refractivity contribution in [1.29, 1.82) is 0 Å². The molecule has 1 amide bonds. The van der Waals surface area contributed by atoms with Gasteiger partial charge in [-0.05, 0) is 43.1 Å². The van der Waals surface area contributed by atoms with Gasteiger partial charge < -0.3 is 14.8 Å². The molecular weight excluding hydrogens is 374 g/mol. The predicted octanol–water partition coefficient (Wildman–Crippen LogP) is 3.19. The van der Waals surface area contributed by atoms with E-state index in [0.717, 1.165) is 12.8 Å². The quantitative estimate of drug-likeness (QED) is 0.526. The Bertz CT molecular complexity index is 686. The molecule has 26 heavy (non-hydrogen) atoms. The van der Waals surface area contributed by atoms with Crippen molar-refractivity contribution in [2.75, 3.05) is 13.2 Å². The van der Waals surface area contributed by atoms with Gasteiger partial charge in [0.05, 0.1) is 18.2 Å². The summed E-state index contributed by atoms with van der Waals surface area (Å²) in [6.45, 7) is 3.29. The lowest BCUT2D eigenvalue weighted by atomic mass is 9.86. The van der Waals surface area contributed by atoms with Crippen LogP contribution in [0.25, 0.3) is 0 Å². The van der Waals surface area contributed by atoms with Crippen LogP contribution in [0.15, 0.2) is 12.1 Å². The van der Waals surface area contributed by atoms with Gasteiger partial charge in [-0.25, -0.2) is 0 Å². The number of carbonyl (C=O) groups is 1. The second-order valence-corrected chi connectivity index (χ2v) is 7.57. The first-order valence-corrected chi connectivity index (χ1v) is 9.79. The molecule has 0 aromatic heterocycles. The summed E-state index contributed by atoms with van der Waals surface area (Å²) < 4.78 is 11.2. The topological polar surface area (TPSA) is 71.6 Å². The normalized spacial score (nSPS) is 22.1. The molecule has 1 aliphatic heterocycles. The summed E-state index contributed by atoms with van der Waals surface area (Å²) in [4.78, 5) is 12.4. The highest BCUT2D eigenvalue weighted by molar-refractivity contribution is 7.80. The molecule has 2 atom stereocenters. The molecule has 3 rings (SSSR count). The van der Waals surface area contributed by atoms with Crippen molar-refractivity contribution >= 4 is 34.8 Å². The third kappa shape index (κ3) is 4.71. The fourth-order valence-corrected chi connectivity index (χ4v) is 3.75. The fraction of sp³-hybridized carbons (Fsp3) is 0.556. The maximum Gasteiger partial charge on any atom is 0.269 e. The van der Waals surface area contributed by atoms with Gasteiger partial charge in [0.25, 0.3) is 5.91 Å². The van der Waals surface area contributed by atoms with Gasteiger partial charge in [0.1, 0.15) is 0 Å². The Morgan fingerprint density at radius 3 is 2.73 bits per heavy atom. The molecule has 2 aliphatic rings. The Kier molecular flexibility index (Phi) is 6.43. The number of rotatable bonds is 2. The van der Waals surface area contributed by atoms with Crippen LogP contribution >= 0.6 is 23.8 Å². The zero-order chi connectivity index (χ0) is 18.5. The minimum absolute atomic E-state index is 0.341. The van der Waals surface area contributed by atoms with Gasteiger partial charge in [0.15, 0.2) is 16.6 Å².